The molecule has 2 aromatic carbocycles. The first-order chi connectivity index (χ1) is 10.2. The second-order valence-electron chi connectivity index (χ2n) is 4.41. The van der Waals surface area contributed by atoms with Crippen LogP contribution in [-0.2, 0) is 5.75 Å². The van der Waals surface area contributed by atoms with E-state index in [1.54, 1.807) is 30.3 Å². The lowest BCUT2D eigenvalue weighted by atomic mass is 10.2. The van der Waals surface area contributed by atoms with E-state index in [1.165, 1.54) is 11.8 Å². The van der Waals surface area contributed by atoms with E-state index < -0.39 is 0 Å². The Morgan fingerprint density at radius 2 is 2.14 bits per heavy atom. The normalized spacial score (nSPS) is 10.7. The molecule has 4 nitrogen and oxygen atoms in total. The van der Waals surface area contributed by atoms with Crippen LogP contribution >= 0.6 is 23.4 Å². The van der Waals surface area contributed by atoms with Crippen LogP contribution in [0.5, 0.6) is 0 Å². The number of nitrogens with two attached hydrogens (primary N) is 1. The Morgan fingerprint density at radius 3 is 2.90 bits per heavy atom. The van der Waals surface area contributed by atoms with E-state index in [0.29, 0.717) is 32.8 Å². The van der Waals surface area contributed by atoms with Gasteiger partial charge in [-0.05, 0) is 35.9 Å². The quantitative estimate of drug-likeness (QED) is 0.578. The van der Waals surface area contributed by atoms with E-state index in [2.05, 4.69) is 11.1 Å². The molecule has 0 aliphatic carbocycles. The number of benzene rings is 2. The molecule has 0 radical (unpaired) electrons. The molecule has 0 bridgehead atoms. The molecule has 3 rings (SSSR count). The number of nitrogen functional groups attached to an aromatic ring is 1. The monoisotopic (exact) mass is 315 g/mol. The van der Waals surface area contributed by atoms with Crippen LogP contribution < -0.4 is 5.73 Å². The zero-order chi connectivity index (χ0) is 14.8. The van der Waals surface area contributed by atoms with Gasteiger partial charge in [-0.1, -0.05) is 29.4 Å². The van der Waals surface area contributed by atoms with Crippen molar-refractivity contribution in [3.05, 3.63) is 52.5 Å². The maximum atomic E-state index is 8.81. The van der Waals surface area contributed by atoms with Gasteiger partial charge >= 0.3 is 0 Å². The highest BCUT2D eigenvalue weighted by atomic mass is 35.5. The maximum Gasteiger partial charge on any atom is 0.257 e. The predicted molar refractivity (Wildman–Crippen MR) is 84.1 cm³/mol. The topological polar surface area (TPSA) is 75.8 Å². The van der Waals surface area contributed by atoms with Crippen molar-refractivity contribution in [1.82, 2.24) is 4.98 Å². The van der Waals surface area contributed by atoms with Gasteiger partial charge in [-0.2, -0.15) is 5.26 Å². The highest BCUT2D eigenvalue weighted by molar-refractivity contribution is 7.98. The summed E-state index contributed by atoms with van der Waals surface area (Å²) in [7, 11) is 0. The van der Waals surface area contributed by atoms with Crippen LogP contribution in [0, 0.1) is 11.3 Å². The third-order valence-electron chi connectivity index (χ3n) is 2.93. The molecule has 104 valence electrons. The Labute approximate surface area is 130 Å². The third-order valence-corrected chi connectivity index (χ3v) is 4.15. The van der Waals surface area contributed by atoms with Crippen LogP contribution in [-0.4, -0.2) is 4.98 Å². The van der Waals surface area contributed by atoms with Gasteiger partial charge < -0.3 is 10.2 Å². The maximum absolute atomic E-state index is 8.81. The molecule has 1 heterocycles. The summed E-state index contributed by atoms with van der Waals surface area (Å²) in [6.45, 7) is 0. The van der Waals surface area contributed by atoms with Gasteiger partial charge in [-0.15, -0.1) is 0 Å². The summed E-state index contributed by atoms with van der Waals surface area (Å²) in [6.07, 6.45) is 0. The lowest BCUT2D eigenvalue weighted by molar-refractivity contribution is 0.489. The molecule has 0 fully saturated rings. The van der Waals surface area contributed by atoms with Crippen molar-refractivity contribution in [2.75, 3.05) is 5.73 Å². The molecule has 2 N–H and O–H groups in total. The van der Waals surface area contributed by atoms with Gasteiger partial charge in [0.2, 0.25) is 0 Å². The number of hydrogen-bond donors (Lipinski definition) is 1. The van der Waals surface area contributed by atoms with Gasteiger partial charge in [0.25, 0.3) is 5.22 Å². The average molecular weight is 316 g/mol. The third kappa shape index (κ3) is 2.97. The summed E-state index contributed by atoms with van der Waals surface area (Å²) in [4.78, 5) is 4.37. The first-order valence-corrected chi connectivity index (χ1v) is 7.49. The van der Waals surface area contributed by atoms with E-state index in [1.807, 2.05) is 6.07 Å². The Balaban J connectivity index is 1.78. The Hall–Kier alpha value is -2.16. The van der Waals surface area contributed by atoms with Crippen molar-refractivity contribution < 1.29 is 4.42 Å². The van der Waals surface area contributed by atoms with Gasteiger partial charge in [-0.3, -0.25) is 0 Å². The Bertz CT molecular complexity index is 854. The number of nitrogens with zero attached hydrogens (tertiary/aromatic N) is 2. The van der Waals surface area contributed by atoms with Crippen LogP contribution in [0.15, 0.2) is 46.0 Å². The summed E-state index contributed by atoms with van der Waals surface area (Å²) in [5, 5.41) is 9.95. The van der Waals surface area contributed by atoms with Gasteiger partial charge in [0.1, 0.15) is 5.52 Å². The first-order valence-electron chi connectivity index (χ1n) is 6.13. The summed E-state index contributed by atoms with van der Waals surface area (Å²) in [6, 6.07) is 12.7. The number of aromatic nitrogens is 1. The average Bonchev–Trinajstić information content (AvgIpc) is 2.87. The van der Waals surface area contributed by atoms with Gasteiger partial charge in [-0.25, -0.2) is 4.98 Å². The summed E-state index contributed by atoms with van der Waals surface area (Å²) in [5.74, 6) is 0.618. The second-order valence-corrected chi connectivity index (χ2v) is 5.75. The molecule has 0 saturated heterocycles. The summed E-state index contributed by atoms with van der Waals surface area (Å²) in [5.41, 5.74) is 9.29. The highest BCUT2D eigenvalue weighted by Crippen LogP contribution is 2.29. The molecular weight excluding hydrogens is 306 g/mol. The molecule has 0 spiro atoms. The van der Waals surface area contributed by atoms with Crippen molar-refractivity contribution in [1.29, 1.82) is 5.26 Å². The molecule has 0 atom stereocenters. The minimum Gasteiger partial charge on any atom is -0.431 e. The standard InChI is InChI=1S/C15H10ClN3OS/c16-12-5-9(7-17)1-2-10(12)8-21-15-19-13-6-11(18)3-4-14(13)20-15/h1-6H,8,18H2. The van der Waals surface area contributed by atoms with E-state index in [-0.39, 0.29) is 0 Å². The lowest BCUT2D eigenvalue weighted by Gasteiger charge is -2.02. The van der Waals surface area contributed by atoms with Crippen LogP contribution in [0.2, 0.25) is 5.02 Å². The van der Waals surface area contributed by atoms with Gasteiger partial charge in [0.05, 0.1) is 11.6 Å². The lowest BCUT2D eigenvalue weighted by Crippen LogP contribution is -1.84. The number of oxazole rings is 1. The van der Waals surface area contributed by atoms with Crippen molar-refractivity contribution >= 4 is 40.1 Å². The molecule has 0 aliphatic heterocycles. The van der Waals surface area contributed by atoms with Crippen LogP contribution in [0.4, 0.5) is 5.69 Å². The number of rotatable bonds is 3. The molecular formula is C15H10ClN3OS. The number of fused-ring (bicyclic) bond motifs is 1. The Kier molecular flexibility index (Phi) is 3.74. The Morgan fingerprint density at radius 1 is 1.29 bits per heavy atom. The number of halogens is 1. The number of anilines is 1. The predicted octanol–water partition coefficient (Wildman–Crippen LogP) is 4.23. The van der Waals surface area contributed by atoms with Gasteiger partial charge in [0.15, 0.2) is 5.58 Å². The van der Waals surface area contributed by atoms with Crippen molar-refractivity contribution in [2.45, 2.75) is 11.0 Å². The molecule has 0 unspecified atom stereocenters. The van der Waals surface area contributed by atoms with Crippen LogP contribution in [0.25, 0.3) is 11.1 Å². The first kappa shape index (κ1) is 13.8. The zero-order valence-corrected chi connectivity index (χ0v) is 12.4. The number of nitriles is 1. The van der Waals surface area contributed by atoms with Crippen LogP contribution in [0.1, 0.15) is 11.1 Å². The van der Waals surface area contributed by atoms with Gasteiger partial charge in [0, 0.05) is 16.5 Å². The molecule has 3 aromatic rings. The minimum absolute atomic E-state index is 0.547. The molecule has 1 aromatic heterocycles. The second kappa shape index (κ2) is 5.68. The number of hydrogen-bond acceptors (Lipinski definition) is 5. The highest BCUT2D eigenvalue weighted by Gasteiger charge is 2.09. The molecule has 0 saturated carbocycles. The molecule has 0 aliphatic rings. The van der Waals surface area contributed by atoms with E-state index in [9.17, 15) is 0 Å². The molecule has 0 amide bonds. The van der Waals surface area contributed by atoms with E-state index >= 15 is 0 Å². The summed E-state index contributed by atoms with van der Waals surface area (Å²) >= 11 is 7.59. The number of thioether (sulfide) groups is 1. The SMILES string of the molecule is N#Cc1ccc(CSc2nc3cc(N)ccc3o2)c(Cl)c1. The minimum atomic E-state index is 0.547. The zero-order valence-electron chi connectivity index (χ0n) is 10.8. The fourth-order valence-corrected chi connectivity index (χ4v) is 3.03. The van der Waals surface area contributed by atoms with E-state index in [4.69, 9.17) is 27.0 Å². The molecule has 21 heavy (non-hydrogen) atoms. The van der Waals surface area contributed by atoms with Crippen molar-refractivity contribution in [2.24, 2.45) is 0 Å². The fourth-order valence-electron chi connectivity index (χ4n) is 1.86. The van der Waals surface area contributed by atoms with Crippen molar-refractivity contribution in [3.8, 4) is 6.07 Å². The largest absolute Gasteiger partial charge is 0.431 e. The van der Waals surface area contributed by atoms with Crippen LogP contribution in [0.3, 0.4) is 0 Å². The fraction of sp³-hybridized carbons (Fsp3) is 0.0667. The molecule has 6 heteroatoms. The smallest absolute Gasteiger partial charge is 0.257 e. The summed E-state index contributed by atoms with van der Waals surface area (Å²) < 4.78 is 5.63. The van der Waals surface area contributed by atoms with E-state index in [0.717, 1.165) is 11.1 Å². The van der Waals surface area contributed by atoms with Crippen molar-refractivity contribution in [3.63, 3.8) is 0 Å².